The van der Waals surface area contributed by atoms with Crippen molar-refractivity contribution >= 4 is 41.5 Å². The molecule has 2 unspecified atom stereocenters. The van der Waals surface area contributed by atoms with E-state index in [1.54, 1.807) is 41.5 Å². The van der Waals surface area contributed by atoms with Crippen molar-refractivity contribution in [2.24, 2.45) is 0 Å². The number of esters is 4. The summed E-state index contributed by atoms with van der Waals surface area (Å²) in [6, 6.07) is 0. The van der Waals surface area contributed by atoms with Gasteiger partial charge in [-0.15, -0.1) is 0 Å². The quantitative estimate of drug-likeness (QED) is 0.0563. The lowest BCUT2D eigenvalue weighted by Gasteiger charge is -2.35. The van der Waals surface area contributed by atoms with Gasteiger partial charge in [-0.1, -0.05) is 13.8 Å². The molecule has 0 N–H and O–H groups in total. The molecule has 13 nitrogen and oxygen atoms in total. The fraction of sp³-hybridized carbons (Fsp3) is 0.857. The number of hydrogen-bond donors (Lipinski definition) is 0. The predicted octanol–water partition coefficient (Wildman–Crippen LogP) is 4.36. The highest BCUT2D eigenvalue weighted by Crippen LogP contribution is 2.35. The van der Waals surface area contributed by atoms with Crippen LogP contribution in [-0.4, -0.2) is 94.3 Å². The molecule has 252 valence electrons. The number of hydrogen-bond acceptors (Lipinski definition) is 13. The van der Waals surface area contributed by atoms with Gasteiger partial charge < -0.3 is 40.8 Å². The van der Waals surface area contributed by atoms with Gasteiger partial charge in [0.25, 0.3) is 0 Å². The van der Waals surface area contributed by atoms with Gasteiger partial charge >= 0.3 is 41.5 Å². The zero-order valence-electron chi connectivity index (χ0n) is 27.4. The second-order valence-electron chi connectivity index (χ2n) is 9.30. The minimum Gasteiger partial charge on any atom is -0.466 e. The Labute approximate surface area is 259 Å². The van der Waals surface area contributed by atoms with E-state index in [-0.39, 0.29) is 65.7 Å². The Kier molecular flexibility index (Phi) is 22.7. The van der Waals surface area contributed by atoms with Crippen LogP contribution in [0.25, 0.3) is 0 Å². The highest BCUT2D eigenvalue weighted by atomic mass is 28.4. The minimum atomic E-state index is -3.60. The molecule has 0 saturated heterocycles. The van der Waals surface area contributed by atoms with Gasteiger partial charge in [0.1, 0.15) is 0 Å². The molecule has 0 fully saturated rings. The van der Waals surface area contributed by atoms with Crippen LogP contribution in [0, 0.1) is 0 Å². The lowest BCUT2D eigenvalue weighted by Crippen LogP contribution is -2.52. The maximum atomic E-state index is 13.2. The Morgan fingerprint density at radius 2 is 0.698 bits per heavy atom. The third-order valence-electron chi connectivity index (χ3n) is 5.89. The van der Waals surface area contributed by atoms with Crippen LogP contribution >= 0.6 is 0 Å². The standard InChI is InChI=1S/C28H54O13Si2/c1-9-17-33-25(29)19-23(42(35-11-3,36-12-4)37-13-5)21-27(31)41-28(32)22-24(20-26(30)34-18-10-2)43(38-14-6,39-15-7)40-16-8/h23-24H,9-22H2,1-8H3. The van der Waals surface area contributed by atoms with Gasteiger partial charge in [-0.05, 0) is 54.4 Å². The molecule has 0 bridgehead atoms. The van der Waals surface area contributed by atoms with E-state index >= 15 is 0 Å². The summed E-state index contributed by atoms with van der Waals surface area (Å²) in [7, 11) is -7.19. The van der Waals surface area contributed by atoms with E-state index in [9.17, 15) is 19.2 Å². The highest BCUT2D eigenvalue weighted by Gasteiger charge is 2.53. The van der Waals surface area contributed by atoms with Crippen LogP contribution in [-0.2, 0) is 59.9 Å². The molecule has 0 aliphatic rings. The van der Waals surface area contributed by atoms with Crippen molar-refractivity contribution in [1.29, 1.82) is 0 Å². The molecule has 0 radical (unpaired) electrons. The third kappa shape index (κ3) is 15.2. The van der Waals surface area contributed by atoms with Crippen LogP contribution in [0.5, 0.6) is 0 Å². The van der Waals surface area contributed by atoms with Crippen molar-refractivity contribution in [3.8, 4) is 0 Å². The van der Waals surface area contributed by atoms with E-state index in [2.05, 4.69) is 0 Å². The lowest BCUT2D eigenvalue weighted by atomic mass is 10.2. The fourth-order valence-corrected chi connectivity index (χ4v) is 10.4. The maximum absolute atomic E-state index is 13.2. The van der Waals surface area contributed by atoms with Crippen molar-refractivity contribution in [3.05, 3.63) is 0 Å². The van der Waals surface area contributed by atoms with Crippen LogP contribution in [0.1, 0.15) is 93.9 Å². The topological polar surface area (TPSA) is 151 Å². The zero-order valence-corrected chi connectivity index (χ0v) is 29.4. The highest BCUT2D eigenvalue weighted by molar-refractivity contribution is 6.63. The van der Waals surface area contributed by atoms with Gasteiger partial charge in [-0.2, -0.15) is 0 Å². The SMILES string of the molecule is CCCOC(=O)CC(CC(=O)OC(=O)CC(CC(=O)OCCC)[Si](OCC)(OCC)OCC)[Si](OCC)(OCC)OCC. The van der Waals surface area contributed by atoms with Crippen molar-refractivity contribution in [2.45, 2.75) is 105 Å². The van der Waals surface area contributed by atoms with Crippen molar-refractivity contribution in [2.75, 3.05) is 52.9 Å². The van der Waals surface area contributed by atoms with E-state index in [0.29, 0.717) is 12.8 Å². The van der Waals surface area contributed by atoms with Crippen molar-refractivity contribution in [1.82, 2.24) is 0 Å². The van der Waals surface area contributed by atoms with E-state index in [1.807, 2.05) is 13.8 Å². The number of carbonyl (C=O) groups excluding carboxylic acids is 4. The normalized spacial score (nSPS) is 13.3. The molecule has 0 heterocycles. The van der Waals surface area contributed by atoms with Gasteiger partial charge in [-0.3, -0.25) is 19.2 Å². The summed E-state index contributed by atoms with van der Waals surface area (Å²) in [4.78, 5) is 51.6. The maximum Gasteiger partial charge on any atom is 0.505 e. The molecule has 0 aromatic heterocycles. The average molecular weight is 655 g/mol. The Morgan fingerprint density at radius 1 is 0.442 bits per heavy atom. The van der Waals surface area contributed by atoms with Crippen molar-refractivity contribution in [3.63, 3.8) is 0 Å². The molecule has 0 aliphatic carbocycles. The summed E-state index contributed by atoms with van der Waals surface area (Å²) >= 11 is 0. The predicted molar refractivity (Wildman–Crippen MR) is 161 cm³/mol. The van der Waals surface area contributed by atoms with Crippen LogP contribution in [0.3, 0.4) is 0 Å². The van der Waals surface area contributed by atoms with Gasteiger partial charge in [-0.25, -0.2) is 0 Å². The second-order valence-corrected chi connectivity index (χ2v) is 15.1. The van der Waals surface area contributed by atoms with Crippen LogP contribution < -0.4 is 0 Å². The fourth-order valence-electron chi connectivity index (χ4n) is 4.37. The second kappa shape index (κ2) is 23.6. The van der Waals surface area contributed by atoms with Gasteiger partial charge in [0.05, 0.1) is 50.0 Å². The van der Waals surface area contributed by atoms with E-state index in [1.165, 1.54) is 0 Å². The molecule has 43 heavy (non-hydrogen) atoms. The van der Waals surface area contributed by atoms with Gasteiger partial charge in [0.2, 0.25) is 0 Å². The number of carbonyl (C=O) groups is 4. The first-order chi connectivity index (χ1) is 20.6. The molecule has 0 saturated carbocycles. The Morgan fingerprint density at radius 3 is 0.930 bits per heavy atom. The van der Waals surface area contributed by atoms with Crippen LogP contribution in [0.15, 0.2) is 0 Å². The molecule has 0 aromatic carbocycles. The minimum absolute atomic E-state index is 0.216. The Bertz CT molecular complexity index is 713. The first-order valence-corrected chi connectivity index (χ1v) is 19.1. The molecular formula is C28H54O13Si2. The van der Waals surface area contributed by atoms with Crippen LogP contribution in [0.2, 0.25) is 11.1 Å². The molecular weight excluding hydrogens is 600 g/mol. The molecule has 0 spiro atoms. The smallest absolute Gasteiger partial charge is 0.466 e. The van der Waals surface area contributed by atoms with E-state index < -0.39 is 65.4 Å². The summed E-state index contributed by atoms with van der Waals surface area (Å²) in [6.07, 6.45) is 0.00971. The molecule has 15 heteroatoms. The molecule has 0 aliphatic heterocycles. The lowest BCUT2D eigenvalue weighted by molar-refractivity contribution is -0.160. The zero-order chi connectivity index (χ0) is 32.7. The summed E-state index contributed by atoms with van der Waals surface area (Å²) in [6.45, 7) is 16.0. The summed E-state index contributed by atoms with van der Waals surface area (Å²) < 4.78 is 51.4. The number of rotatable bonds is 26. The third-order valence-corrected chi connectivity index (χ3v) is 12.9. The summed E-state index contributed by atoms with van der Waals surface area (Å²) in [5, 5.41) is 0. The Hall–Kier alpha value is -1.73. The van der Waals surface area contributed by atoms with Crippen molar-refractivity contribution < 1.29 is 59.9 Å². The number of ether oxygens (including phenoxy) is 3. The van der Waals surface area contributed by atoms with Gasteiger partial charge in [0.15, 0.2) is 0 Å². The van der Waals surface area contributed by atoms with E-state index in [0.717, 1.165) is 0 Å². The summed E-state index contributed by atoms with van der Waals surface area (Å²) in [5.74, 6) is -2.90. The van der Waals surface area contributed by atoms with E-state index in [4.69, 9.17) is 40.8 Å². The molecule has 0 rings (SSSR count). The monoisotopic (exact) mass is 654 g/mol. The molecule has 2 atom stereocenters. The average Bonchev–Trinajstić information content (AvgIpc) is 2.94. The van der Waals surface area contributed by atoms with Crippen LogP contribution in [0.4, 0.5) is 0 Å². The summed E-state index contributed by atoms with van der Waals surface area (Å²) in [5.41, 5.74) is -1.72. The first kappa shape index (κ1) is 41.3. The van der Waals surface area contributed by atoms with Gasteiger partial charge in [0, 0.05) is 39.6 Å². The largest absolute Gasteiger partial charge is 0.505 e. The molecule has 0 amide bonds. The molecule has 0 aromatic rings. The Balaban J connectivity index is 6.13. The first-order valence-electron chi connectivity index (χ1n) is 15.4.